The Hall–Kier alpha value is -1.31. The van der Waals surface area contributed by atoms with Gasteiger partial charge in [0.05, 0.1) is 0 Å². The van der Waals surface area contributed by atoms with Crippen LogP contribution in [-0.4, -0.2) is 23.1 Å². The van der Waals surface area contributed by atoms with E-state index in [2.05, 4.69) is 0 Å². The van der Waals surface area contributed by atoms with Crippen LogP contribution in [0.4, 0.5) is 30.7 Å². The van der Waals surface area contributed by atoms with Crippen molar-refractivity contribution in [2.24, 2.45) is 0 Å². The normalized spacial score (nSPS) is 15.2. The summed E-state index contributed by atoms with van der Waals surface area (Å²) >= 11 is 0. The van der Waals surface area contributed by atoms with Gasteiger partial charge in [0.2, 0.25) is 0 Å². The van der Waals surface area contributed by atoms with Crippen LogP contribution in [0.3, 0.4) is 0 Å². The van der Waals surface area contributed by atoms with Gasteiger partial charge in [0.15, 0.2) is 0 Å². The molecule has 0 saturated carbocycles. The van der Waals surface area contributed by atoms with E-state index in [4.69, 9.17) is 0 Å². The Kier molecular flexibility index (Phi) is 4.38. The van der Waals surface area contributed by atoms with E-state index in [9.17, 15) is 35.8 Å². The van der Waals surface area contributed by atoms with Crippen molar-refractivity contribution in [2.75, 3.05) is 0 Å². The third kappa shape index (κ3) is 2.61. The molecule has 0 spiro atoms. The summed E-state index contributed by atoms with van der Waals surface area (Å²) in [4.78, 5) is 0. The number of benzene rings is 1. The van der Waals surface area contributed by atoms with E-state index in [-0.39, 0.29) is 12.0 Å². The molecule has 1 atom stereocenters. The van der Waals surface area contributed by atoms with E-state index in [0.29, 0.717) is 0 Å². The number of alkyl halides is 7. The molecule has 8 heteroatoms. The van der Waals surface area contributed by atoms with Gasteiger partial charge in [-0.3, -0.25) is 0 Å². The van der Waals surface area contributed by atoms with Gasteiger partial charge >= 0.3 is 18.0 Å². The van der Waals surface area contributed by atoms with Crippen LogP contribution in [0, 0.1) is 0 Å². The van der Waals surface area contributed by atoms with Crippen LogP contribution in [0.5, 0.6) is 0 Å². The first-order valence-corrected chi connectivity index (χ1v) is 5.55. The summed E-state index contributed by atoms with van der Waals surface area (Å²) in [7, 11) is 0. The molecule has 0 aliphatic heterocycles. The first kappa shape index (κ1) is 16.7. The van der Waals surface area contributed by atoms with Crippen LogP contribution in [-0.2, 0) is 6.42 Å². The molecule has 1 N–H and O–H groups in total. The van der Waals surface area contributed by atoms with Gasteiger partial charge in [-0.15, -0.1) is 0 Å². The minimum atomic E-state index is -6.46. The van der Waals surface area contributed by atoms with Gasteiger partial charge in [0.25, 0.3) is 0 Å². The lowest BCUT2D eigenvalue weighted by Gasteiger charge is -2.32. The van der Waals surface area contributed by atoms with Crippen LogP contribution in [0.1, 0.15) is 24.2 Å². The highest BCUT2D eigenvalue weighted by Crippen LogP contribution is 2.52. The third-order valence-corrected chi connectivity index (χ3v) is 2.85. The van der Waals surface area contributed by atoms with E-state index in [1.54, 1.807) is 0 Å². The highest BCUT2D eigenvalue weighted by molar-refractivity contribution is 5.31. The van der Waals surface area contributed by atoms with Crippen molar-refractivity contribution in [1.29, 1.82) is 0 Å². The summed E-state index contributed by atoms with van der Waals surface area (Å²) in [5.74, 6) is -12.0. The Bertz CT molecular complexity index is 467. The van der Waals surface area contributed by atoms with Crippen molar-refractivity contribution >= 4 is 0 Å². The Balaban J connectivity index is 3.28. The quantitative estimate of drug-likeness (QED) is 0.830. The molecule has 1 aromatic rings. The van der Waals surface area contributed by atoms with E-state index in [1.165, 1.54) is 25.1 Å². The molecule has 1 rings (SSSR count). The van der Waals surface area contributed by atoms with Gasteiger partial charge in [-0.25, -0.2) is 0 Å². The summed E-state index contributed by atoms with van der Waals surface area (Å²) in [5.41, 5.74) is -0.582. The summed E-state index contributed by atoms with van der Waals surface area (Å²) in [6.45, 7) is 1.49. The molecule has 0 radical (unpaired) electrons. The summed E-state index contributed by atoms with van der Waals surface area (Å²) < 4.78 is 88.6. The first-order chi connectivity index (χ1) is 8.96. The van der Waals surface area contributed by atoms with E-state index < -0.39 is 29.7 Å². The van der Waals surface area contributed by atoms with Crippen molar-refractivity contribution in [1.82, 2.24) is 0 Å². The SMILES string of the molecule is CCc1ccccc1C(O)C(F)(F)C(F)(F)C(F)(F)F. The molecule has 0 bridgehead atoms. The van der Waals surface area contributed by atoms with Crippen LogP contribution >= 0.6 is 0 Å². The van der Waals surface area contributed by atoms with Gasteiger partial charge in [0.1, 0.15) is 6.10 Å². The second kappa shape index (κ2) is 5.23. The molecule has 0 amide bonds. The number of hydrogen-bond acceptors (Lipinski definition) is 1. The lowest BCUT2D eigenvalue weighted by Crippen LogP contribution is -2.55. The average Bonchev–Trinajstić information content (AvgIpc) is 2.36. The Morgan fingerprint density at radius 1 is 1.00 bits per heavy atom. The standard InChI is InChI=1S/C12H11F7O/c1-2-7-5-3-4-6-8(7)9(20)10(13,14)11(15,16)12(17,18)19/h3-6,9,20H,2H2,1H3. The smallest absolute Gasteiger partial charge is 0.382 e. The minimum absolute atomic E-state index is 0.0673. The van der Waals surface area contributed by atoms with Crippen LogP contribution in [0.25, 0.3) is 0 Å². The fourth-order valence-electron chi connectivity index (χ4n) is 1.68. The lowest BCUT2D eigenvalue weighted by atomic mass is 9.93. The largest absolute Gasteiger partial charge is 0.459 e. The van der Waals surface area contributed by atoms with Gasteiger partial charge in [0, 0.05) is 0 Å². The fraction of sp³-hybridized carbons (Fsp3) is 0.500. The third-order valence-electron chi connectivity index (χ3n) is 2.85. The van der Waals surface area contributed by atoms with Gasteiger partial charge in [-0.05, 0) is 17.5 Å². The predicted octanol–water partition coefficient (Wildman–Crippen LogP) is 4.12. The van der Waals surface area contributed by atoms with E-state index in [1.807, 2.05) is 0 Å². The monoisotopic (exact) mass is 304 g/mol. The van der Waals surface area contributed by atoms with Crippen LogP contribution in [0.15, 0.2) is 24.3 Å². The summed E-state index contributed by atoms with van der Waals surface area (Å²) in [6.07, 6.45) is -9.62. The molecule has 20 heavy (non-hydrogen) atoms. The predicted molar refractivity (Wildman–Crippen MR) is 56.7 cm³/mol. The van der Waals surface area contributed by atoms with Crippen molar-refractivity contribution < 1.29 is 35.8 Å². The van der Waals surface area contributed by atoms with E-state index >= 15 is 0 Å². The minimum Gasteiger partial charge on any atom is -0.382 e. The van der Waals surface area contributed by atoms with E-state index in [0.717, 1.165) is 6.07 Å². The van der Waals surface area contributed by atoms with Gasteiger partial charge < -0.3 is 5.11 Å². The number of rotatable bonds is 4. The Morgan fingerprint density at radius 2 is 1.50 bits per heavy atom. The molecule has 0 heterocycles. The molecular formula is C12H11F7O. The molecule has 0 aliphatic rings. The van der Waals surface area contributed by atoms with Crippen molar-refractivity contribution in [2.45, 2.75) is 37.5 Å². The Labute approximate surface area is 110 Å². The molecule has 0 aromatic heterocycles. The zero-order valence-corrected chi connectivity index (χ0v) is 10.2. The maximum absolute atomic E-state index is 13.4. The van der Waals surface area contributed by atoms with Crippen molar-refractivity contribution in [3.05, 3.63) is 35.4 Å². The van der Waals surface area contributed by atoms with Crippen molar-refractivity contribution in [3.63, 3.8) is 0 Å². The zero-order valence-electron chi connectivity index (χ0n) is 10.2. The summed E-state index contributed by atoms with van der Waals surface area (Å²) in [5, 5.41) is 9.33. The topological polar surface area (TPSA) is 20.2 Å². The molecule has 1 unspecified atom stereocenters. The molecule has 0 fully saturated rings. The average molecular weight is 304 g/mol. The van der Waals surface area contributed by atoms with Crippen LogP contribution in [0.2, 0.25) is 0 Å². The summed E-state index contributed by atoms with van der Waals surface area (Å²) in [6, 6.07) is 4.72. The maximum Gasteiger partial charge on any atom is 0.459 e. The highest BCUT2D eigenvalue weighted by Gasteiger charge is 2.75. The number of halogens is 7. The molecule has 0 aliphatic carbocycles. The second-order valence-electron chi connectivity index (χ2n) is 4.15. The molecule has 114 valence electrons. The molecule has 1 nitrogen and oxygen atoms in total. The molecule has 0 saturated heterocycles. The lowest BCUT2D eigenvalue weighted by molar-refractivity contribution is -0.372. The number of aliphatic hydroxyl groups excluding tert-OH is 1. The Morgan fingerprint density at radius 3 is 1.95 bits per heavy atom. The molecule has 1 aromatic carbocycles. The second-order valence-corrected chi connectivity index (χ2v) is 4.15. The van der Waals surface area contributed by atoms with Crippen LogP contribution < -0.4 is 0 Å². The van der Waals surface area contributed by atoms with Gasteiger partial charge in [-0.1, -0.05) is 31.2 Å². The van der Waals surface area contributed by atoms with Gasteiger partial charge in [-0.2, -0.15) is 30.7 Å². The fourth-order valence-corrected chi connectivity index (χ4v) is 1.68. The number of aryl methyl sites for hydroxylation is 1. The maximum atomic E-state index is 13.4. The molecular weight excluding hydrogens is 293 g/mol. The van der Waals surface area contributed by atoms with Crippen molar-refractivity contribution in [3.8, 4) is 0 Å². The highest BCUT2D eigenvalue weighted by atomic mass is 19.4. The number of aliphatic hydroxyl groups is 1. The number of hydrogen-bond donors (Lipinski definition) is 1. The zero-order chi connectivity index (χ0) is 15.8. The first-order valence-electron chi connectivity index (χ1n) is 5.55.